The van der Waals surface area contributed by atoms with E-state index in [0.29, 0.717) is 17.7 Å². The molecule has 2 heterocycles. The third kappa shape index (κ3) is 2.83. The Bertz CT molecular complexity index is 793. The molecule has 1 saturated heterocycles. The number of amides is 1. The molecule has 0 unspecified atom stereocenters. The van der Waals surface area contributed by atoms with E-state index in [0.717, 1.165) is 0 Å². The Morgan fingerprint density at radius 3 is 2.91 bits per heavy atom. The summed E-state index contributed by atoms with van der Waals surface area (Å²) < 4.78 is 18.7. The minimum atomic E-state index is -0.671. The number of rotatable bonds is 2. The number of halogens is 1. The van der Waals surface area contributed by atoms with Gasteiger partial charge in [-0.3, -0.25) is 4.79 Å². The number of aliphatic hydroxyl groups is 1. The number of hydrogen-bond acceptors (Lipinski definition) is 4. The van der Waals surface area contributed by atoms with Crippen molar-refractivity contribution in [3.05, 3.63) is 58.8 Å². The van der Waals surface area contributed by atoms with Crippen molar-refractivity contribution in [2.75, 3.05) is 6.54 Å². The molecule has 1 aliphatic rings. The molecule has 5 nitrogen and oxygen atoms in total. The summed E-state index contributed by atoms with van der Waals surface area (Å²) in [5.41, 5.74) is 0.925. The van der Waals surface area contributed by atoms with Gasteiger partial charge in [0.2, 0.25) is 5.76 Å². The SMILES string of the molecule is Cc1oc(C#N)cc1C(=O)N1C[C@@H](O)C[C@H]1c1cccc(F)c1. The van der Waals surface area contributed by atoms with Gasteiger partial charge in [0.05, 0.1) is 17.7 Å². The lowest BCUT2D eigenvalue weighted by atomic mass is 10.0. The zero-order valence-corrected chi connectivity index (χ0v) is 12.5. The fraction of sp³-hybridized carbons (Fsp3) is 0.294. The Labute approximate surface area is 132 Å². The van der Waals surface area contributed by atoms with Gasteiger partial charge in [0.25, 0.3) is 5.91 Å². The normalized spacial score (nSPS) is 20.5. The molecule has 3 rings (SSSR count). The summed E-state index contributed by atoms with van der Waals surface area (Å²) in [5.74, 6) is -0.306. The van der Waals surface area contributed by atoms with E-state index in [4.69, 9.17) is 9.68 Å². The summed E-state index contributed by atoms with van der Waals surface area (Å²) in [6, 6.07) is 8.85. The fourth-order valence-electron chi connectivity index (χ4n) is 2.97. The molecule has 2 aromatic rings. The Balaban J connectivity index is 1.94. The van der Waals surface area contributed by atoms with Crippen molar-refractivity contribution < 1.29 is 18.7 Å². The molecule has 0 saturated carbocycles. The predicted octanol–water partition coefficient (Wildman–Crippen LogP) is 2.55. The van der Waals surface area contributed by atoms with Gasteiger partial charge >= 0.3 is 0 Å². The molecule has 1 aromatic heterocycles. The van der Waals surface area contributed by atoms with Crippen LogP contribution in [0.25, 0.3) is 0 Å². The molecule has 0 radical (unpaired) electrons. The second kappa shape index (κ2) is 5.86. The number of nitrogens with zero attached hydrogens (tertiary/aromatic N) is 2. The summed E-state index contributed by atoms with van der Waals surface area (Å²) in [7, 11) is 0. The highest BCUT2D eigenvalue weighted by atomic mass is 19.1. The number of carbonyl (C=O) groups is 1. The van der Waals surface area contributed by atoms with Crippen LogP contribution in [0.1, 0.15) is 39.9 Å². The number of aryl methyl sites for hydroxylation is 1. The van der Waals surface area contributed by atoms with Gasteiger partial charge in [0.15, 0.2) is 0 Å². The summed E-state index contributed by atoms with van der Waals surface area (Å²) >= 11 is 0. The number of β-amino-alcohol motifs (C(OH)–C–C–N with tert-alkyl or cyclic N) is 1. The molecule has 1 aromatic carbocycles. The Kier molecular flexibility index (Phi) is 3.89. The van der Waals surface area contributed by atoms with Crippen LogP contribution in [0, 0.1) is 24.1 Å². The van der Waals surface area contributed by atoms with E-state index in [1.54, 1.807) is 19.1 Å². The van der Waals surface area contributed by atoms with Crippen molar-refractivity contribution in [3.63, 3.8) is 0 Å². The molecule has 1 N–H and O–H groups in total. The first-order valence-corrected chi connectivity index (χ1v) is 7.24. The van der Waals surface area contributed by atoms with E-state index in [2.05, 4.69) is 0 Å². The Morgan fingerprint density at radius 1 is 1.48 bits per heavy atom. The van der Waals surface area contributed by atoms with Crippen molar-refractivity contribution >= 4 is 5.91 Å². The van der Waals surface area contributed by atoms with E-state index in [9.17, 15) is 14.3 Å². The van der Waals surface area contributed by atoms with Gasteiger partial charge in [-0.25, -0.2) is 4.39 Å². The van der Waals surface area contributed by atoms with Crippen molar-refractivity contribution in [3.8, 4) is 6.07 Å². The Hall–Kier alpha value is -2.65. The fourth-order valence-corrected chi connectivity index (χ4v) is 2.97. The van der Waals surface area contributed by atoms with Crippen LogP contribution in [0.3, 0.4) is 0 Å². The van der Waals surface area contributed by atoms with Crippen molar-refractivity contribution in [1.82, 2.24) is 4.90 Å². The van der Waals surface area contributed by atoms with Crippen LogP contribution in [0.2, 0.25) is 0 Å². The number of nitriles is 1. The summed E-state index contributed by atoms with van der Waals surface area (Å²) in [5, 5.41) is 18.8. The van der Waals surface area contributed by atoms with Crippen LogP contribution in [0.5, 0.6) is 0 Å². The van der Waals surface area contributed by atoms with Gasteiger partial charge in [-0.2, -0.15) is 5.26 Å². The van der Waals surface area contributed by atoms with Gasteiger partial charge in [0, 0.05) is 12.6 Å². The molecular weight excluding hydrogens is 299 g/mol. The maximum absolute atomic E-state index is 13.5. The quantitative estimate of drug-likeness (QED) is 0.924. The average molecular weight is 314 g/mol. The maximum Gasteiger partial charge on any atom is 0.258 e. The van der Waals surface area contributed by atoms with E-state index < -0.39 is 12.1 Å². The first-order chi connectivity index (χ1) is 11.0. The van der Waals surface area contributed by atoms with Crippen molar-refractivity contribution in [2.45, 2.75) is 25.5 Å². The zero-order chi connectivity index (χ0) is 16.6. The maximum atomic E-state index is 13.5. The summed E-state index contributed by atoms with van der Waals surface area (Å²) in [6.45, 7) is 1.77. The highest BCUT2D eigenvalue weighted by Crippen LogP contribution is 2.34. The molecule has 118 valence electrons. The van der Waals surface area contributed by atoms with Gasteiger partial charge in [-0.1, -0.05) is 12.1 Å². The van der Waals surface area contributed by atoms with Gasteiger partial charge in [-0.15, -0.1) is 0 Å². The highest BCUT2D eigenvalue weighted by Gasteiger charge is 2.37. The first-order valence-electron chi connectivity index (χ1n) is 7.24. The van der Waals surface area contributed by atoms with Crippen LogP contribution < -0.4 is 0 Å². The number of likely N-dealkylation sites (tertiary alicyclic amines) is 1. The van der Waals surface area contributed by atoms with Crippen LogP contribution in [0.4, 0.5) is 4.39 Å². The standard InChI is InChI=1S/C17H15FN2O3/c1-10-15(7-14(8-19)23-10)17(22)20-9-13(21)6-16(20)11-3-2-4-12(18)5-11/h2-5,7,13,16,21H,6,9H2,1H3/t13-,16-/m0/s1. The molecule has 1 fully saturated rings. The minimum absolute atomic E-state index is 0.0629. The number of carbonyl (C=O) groups excluding carboxylic acids is 1. The number of hydrogen-bond donors (Lipinski definition) is 1. The lowest BCUT2D eigenvalue weighted by Gasteiger charge is -2.24. The number of furan rings is 1. The number of benzene rings is 1. The van der Waals surface area contributed by atoms with Gasteiger partial charge in [-0.05, 0) is 31.0 Å². The van der Waals surface area contributed by atoms with Gasteiger partial charge < -0.3 is 14.4 Å². The monoisotopic (exact) mass is 314 g/mol. The van der Waals surface area contributed by atoms with Crippen LogP contribution in [-0.4, -0.2) is 28.6 Å². The molecular formula is C17H15FN2O3. The molecule has 0 spiro atoms. The molecule has 6 heteroatoms. The molecule has 2 atom stereocenters. The third-order valence-electron chi connectivity index (χ3n) is 4.03. The largest absolute Gasteiger partial charge is 0.450 e. The van der Waals surface area contributed by atoms with Crippen LogP contribution in [-0.2, 0) is 0 Å². The minimum Gasteiger partial charge on any atom is -0.450 e. The summed E-state index contributed by atoms with van der Waals surface area (Å²) in [6.07, 6.45) is -0.327. The van der Waals surface area contributed by atoms with Crippen LogP contribution >= 0.6 is 0 Å². The van der Waals surface area contributed by atoms with Crippen molar-refractivity contribution in [2.24, 2.45) is 0 Å². The number of aliphatic hydroxyl groups excluding tert-OH is 1. The van der Waals surface area contributed by atoms with E-state index in [1.807, 2.05) is 6.07 Å². The van der Waals surface area contributed by atoms with Crippen LogP contribution in [0.15, 0.2) is 34.7 Å². The van der Waals surface area contributed by atoms with E-state index in [1.165, 1.54) is 23.1 Å². The molecule has 1 amide bonds. The lowest BCUT2D eigenvalue weighted by Crippen LogP contribution is -2.32. The molecule has 23 heavy (non-hydrogen) atoms. The zero-order valence-electron chi connectivity index (χ0n) is 12.5. The Morgan fingerprint density at radius 2 is 2.26 bits per heavy atom. The third-order valence-corrected chi connectivity index (χ3v) is 4.03. The topological polar surface area (TPSA) is 77.5 Å². The first kappa shape index (κ1) is 15.3. The molecule has 0 aliphatic carbocycles. The lowest BCUT2D eigenvalue weighted by molar-refractivity contribution is 0.0714. The second-order valence-corrected chi connectivity index (χ2v) is 5.61. The van der Waals surface area contributed by atoms with E-state index >= 15 is 0 Å². The summed E-state index contributed by atoms with van der Waals surface area (Å²) in [4.78, 5) is 14.3. The average Bonchev–Trinajstić information content (AvgIpc) is 3.09. The van der Waals surface area contributed by atoms with Gasteiger partial charge in [0.1, 0.15) is 17.6 Å². The van der Waals surface area contributed by atoms with E-state index in [-0.39, 0.29) is 29.6 Å². The highest BCUT2D eigenvalue weighted by molar-refractivity contribution is 5.96. The predicted molar refractivity (Wildman–Crippen MR) is 79.0 cm³/mol. The molecule has 0 bridgehead atoms. The molecule has 1 aliphatic heterocycles. The second-order valence-electron chi connectivity index (χ2n) is 5.61. The van der Waals surface area contributed by atoms with Crippen molar-refractivity contribution in [1.29, 1.82) is 5.26 Å². The smallest absolute Gasteiger partial charge is 0.258 e.